The van der Waals surface area contributed by atoms with Crippen LogP contribution in [0.2, 0.25) is 0 Å². The van der Waals surface area contributed by atoms with Gasteiger partial charge in [0, 0.05) is 0 Å². The Morgan fingerprint density at radius 3 is 2.91 bits per heavy atom. The molecule has 7 nitrogen and oxygen atoms in total. The summed E-state index contributed by atoms with van der Waals surface area (Å²) in [5, 5.41) is 18.5. The van der Waals surface area contributed by atoms with Crippen molar-refractivity contribution in [1.29, 1.82) is 0 Å². The van der Waals surface area contributed by atoms with E-state index in [1.54, 1.807) is 5.48 Å². The van der Waals surface area contributed by atoms with Crippen molar-refractivity contribution in [2.75, 3.05) is 5.48 Å². The van der Waals surface area contributed by atoms with Crippen LogP contribution in [0.4, 0.5) is 11.5 Å². The minimum Gasteiger partial charge on any atom is -0.289 e. The van der Waals surface area contributed by atoms with Crippen LogP contribution in [0, 0.1) is 10.1 Å². The Balaban J connectivity index is 3.12. The van der Waals surface area contributed by atoms with Crippen LogP contribution in [0.25, 0.3) is 0 Å². The molecule has 1 aromatic rings. The first kappa shape index (κ1) is 7.35. The Morgan fingerprint density at radius 2 is 2.45 bits per heavy atom. The Hall–Kier alpha value is -1.76. The third-order valence-electron chi connectivity index (χ3n) is 0.996. The van der Waals surface area contributed by atoms with Crippen molar-refractivity contribution >= 4 is 11.5 Å². The summed E-state index contributed by atoms with van der Waals surface area (Å²) in [6, 6.07) is 0. The zero-order valence-electron chi connectivity index (χ0n) is 5.26. The van der Waals surface area contributed by atoms with Crippen molar-refractivity contribution in [3.05, 3.63) is 22.6 Å². The van der Waals surface area contributed by atoms with Crippen molar-refractivity contribution in [2.45, 2.75) is 0 Å². The second-order valence-electron chi connectivity index (χ2n) is 1.63. The number of nitro groups is 1. The van der Waals surface area contributed by atoms with Crippen LogP contribution in [-0.2, 0) is 0 Å². The van der Waals surface area contributed by atoms with Crippen LogP contribution in [0.5, 0.6) is 0 Å². The summed E-state index contributed by atoms with van der Waals surface area (Å²) in [5.74, 6) is -0.218. The van der Waals surface area contributed by atoms with Crippen molar-refractivity contribution in [3.8, 4) is 0 Å². The number of nitrogens with zero attached hydrogens (tertiary/aromatic N) is 3. The summed E-state index contributed by atoms with van der Waals surface area (Å²) >= 11 is 0. The highest BCUT2D eigenvalue weighted by molar-refractivity contribution is 5.51. The van der Waals surface area contributed by atoms with E-state index in [1.165, 1.54) is 0 Å². The summed E-state index contributed by atoms with van der Waals surface area (Å²) < 4.78 is 0. The number of hydrogen-bond acceptors (Lipinski definition) is 6. The van der Waals surface area contributed by atoms with Gasteiger partial charge in [0.15, 0.2) is 0 Å². The molecule has 0 atom stereocenters. The van der Waals surface area contributed by atoms with E-state index in [0.29, 0.717) is 0 Å². The van der Waals surface area contributed by atoms with E-state index in [4.69, 9.17) is 5.21 Å². The number of aromatic nitrogens is 2. The van der Waals surface area contributed by atoms with Crippen LogP contribution in [-0.4, -0.2) is 20.1 Å². The van der Waals surface area contributed by atoms with Gasteiger partial charge in [-0.1, -0.05) is 0 Å². The van der Waals surface area contributed by atoms with E-state index in [9.17, 15) is 10.1 Å². The standard InChI is InChI=1S/C4H4N4O3/c9-7-4-3(8(10)11)1-5-2-6-4/h1-2,9H,(H,5,6,7). The predicted octanol–water partition coefficient (Wildman–Crippen LogP) is 0.186. The Kier molecular flexibility index (Phi) is 1.93. The molecule has 0 unspecified atom stereocenters. The number of nitrogens with one attached hydrogen (secondary N) is 1. The van der Waals surface area contributed by atoms with E-state index in [2.05, 4.69) is 9.97 Å². The maximum absolute atomic E-state index is 10.2. The highest BCUT2D eigenvalue weighted by Crippen LogP contribution is 2.17. The van der Waals surface area contributed by atoms with Crippen molar-refractivity contribution in [3.63, 3.8) is 0 Å². The highest BCUT2D eigenvalue weighted by Gasteiger charge is 2.13. The minimum atomic E-state index is -0.696. The lowest BCUT2D eigenvalue weighted by atomic mass is 10.5. The van der Waals surface area contributed by atoms with Crippen molar-refractivity contribution in [1.82, 2.24) is 9.97 Å². The first-order valence-corrected chi connectivity index (χ1v) is 2.60. The van der Waals surface area contributed by atoms with Gasteiger partial charge in [-0.2, -0.15) is 0 Å². The Morgan fingerprint density at radius 1 is 1.73 bits per heavy atom. The summed E-state index contributed by atoms with van der Waals surface area (Å²) in [4.78, 5) is 16.3. The SMILES string of the molecule is O=[N+]([O-])c1cncnc1NO. The average molecular weight is 156 g/mol. The molecule has 7 heteroatoms. The van der Waals surface area contributed by atoms with Crippen LogP contribution >= 0.6 is 0 Å². The molecule has 58 valence electrons. The maximum Gasteiger partial charge on any atom is 0.331 e. The van der Waals surface area contributed by atoms with Gasteiger partial charge in [-0.25, -0.2) is 15.4 Å². The number of rotatable bonds is 2. The van der Waals surface area contributed by atoms with Gasteiger partial charge < -0.3 is 0 Å². The first-order chi connectivity index (χ1) is 5.25. The first-order valence-electron chi connectivity index (χ1n) is 2.60. The van der Waals surface area contributed by atoms with Gasteiger partial charge in [-0.3, -0.25) is 15.3 Å². The van der Waals surface area contributed by atoms with E-state index < -0.39 is 4.92 Å². The molecule has 1 aromatic heterocycles. The lowest BCUT2D eigenvalue weighted by molar-refractivity contribution is -0.384. The van der Waals surface area contributed by atoms with E-state index in [0.717, 1.165) is 12.5 Å². The minimum absolute atomic E-state index is 0.218. The molecule has 11 heavy (non-hydrogen) atoms. The largest absolute Gasteiger partial charge is 0.331 e. The van der Waals surface area contributed by atoms with Crippen LogP contribution in [0.1, 0.15) is 0 Å². The van der Waals surface area contributed by atoms with Crippen molar-refractivity contribution in [2.24, 2.45) is 0 Å². The molecule has 0 spiro atoms. The fourth-order valence-electron chi connectivity index (χ4n) is 0.542. The zero-order valence-corrected chi connectivity index (χ0v) is 5.26. The lowest BCUT2D eigenvalue weighted by Gasteiger charge is -1.95. The predicted molar refractivity (Wildman–Crippen MR) is 34.1 cm³/mol. The van der Waals surface area contributed by atoms with Gasteiger partial charge in [-0.15, -0.1) is 0 Å². The Labute approximate surface area is 60.8 Å². The number of anilines is 1. The molecule has 0 aliphatic heterocycles. The molecule has 2 N–H and O–H groups in total. The fourth-order valence-corrected chi connectivity index (χ4v) is 0.542. The van der Waals surface area contributed by atoms with Gasteiger partial charge in [0.05, 0.1) is 4.92 Å². The van der Waals surface area contributed by atoms with Gasteiger partial charge >= 0.3 is 5.69 Å². The molecule has 1 heterocycles. The molecule has 0 bridgehead atoms. The average Bonchev–Trinajstić information content (AvgIpc) is 2.04. The summed E-state index contributed by atoms with van der Waals surface area (Å²) in [6.07, 6.45) is 2.08. The molecular weight excluding hydrogens is 152 g/mol. The third-order valence-corrected chi connectivity index (χ3v) is 0.996. The normalized spacial score (nSPS) is 9.18. The summed E-state index contributed by atoms with van der Waals surface area (Å²) in [6.45, 7) is 0. The molecule has 0 aliphatic carbocycles. The molecule has 0 saturated heterocycles. The van der Waals surface area contributed by atoms with Crippen LogP contribution in [0.3, 0.4) is 0 Å². The van der Waals surface area contributed by atoms with Crippen LogP contribution in [0.15, 0.2) is 12.5 Å². The zero-order chi connectivity index (χ0) is 8.27. The summed E-state index contributed by atoms with van der Waals surface area (Å²) in [7, 11) is 0. The van der Waals surface area contributed by atoms with Gasteiger partial charge in [-0.05, 0) is 0 Å². The smallest absolute Gasteiger partial charge is 0.289 e. The van der Waals surface area contributed by atoms with Gasteiger partial charge in [0.1, 0.15) is 12.5 Å². The monoisotopic (exact) mass is 156 g/mol. The fraction of sp³-hybridized carbons (Fsp3) is 0. The molecular formula is C4H4N4O3. The quantitative estimate of drug-likeness (QED) is 0.468. The van der Waals surface area contributed by atoms with E-state index in [1.807, 2.05) is 0 Å². The van der Waals surface area contributed by atoms with Crippen LogP contribution < -0.4 is 5.48 Å². The summed E-state index contributed by atoms with van der Waals surface area (Å²) in [5.41, 5.74) is 1.22. The van der Waals surface area contributed by atoms with Crippen molar-refractivity contribution < 1.29 is 10.1 Å². The molecule has 0 saturated carbocycles. The maximum atomic E-state index is 10.2. The number of hydrogen-bond donors (Lipinski definition) is 2. The molecule has 0 amide bonds. The van der Waals surface area contributed by atoms with E-state index in [-0.39, 0.29) is 11.5 Å². The Bertz CT molecular complexity index is 276. The second kappa shape index (κ2) is 2.88. The molecule has 0 fully saturated rings. The molecule has 0 aliphatic rings. The van der Waals surface area contributed by atoms with E-state index >= 15 is 0 Å². The van der Waals surface area contributed by atoms with Gasteiger partial charge in [0.2, 0.25) is 5.82 Å². The lowest BCUT2D eigenvalue weighted by Crippen LogP contribution is -1.99. The highest BCUT2D eigenvalue weighted by atomic mass is 16.6. The topological polar surface area (TPSA) is 101 Å². The second-order valence-corrected chi connectivity index (χ2v) is 1.63. The third kappa shape index (κ3) is 1.38. The molecule has 0 aromatic carbocycles. The molecule has 1 rings (SSSR count). The van der Waals surface area contributed by atoms with Gasteiger partial charge in [0.25, 0.3) is 0 Å². The molecule has 0 radical (unpaired) electrons.